The lowest BCUT2D eigenvalue weighted by molar-refractivity contribution is -0.463. The topological polar surface area (TPSA) is 83.5 Å². The fourth-order valence-corrected chi connectivity index (χ4v) is 6.54. The van der Waals surface area contributed by atoms with Gasteiger partial charge in [0.15, 0.2) is 5.78 Å². The number of carbonyl (C=O) groups is 1. The van der Waals surface area contributed by atoms with E-state index in [9.17, 15) is 9.90 Å². The van der Waals surface area contributed by atoms with Crippen LogP contribution in [0, 0.1) is 24.2 Å². The smallest absolute Gasteiger partial charge is 0.220 e. The Hall–Kier alpha value is -1.77. The van der Waals surface area contributed by atoms with Crippen molar-refractivity contribution < 1.29 is 33.6 Å². The van der Waals surface area contributed by atoms with Crippen molar-refractivity contribution >= 4 is 5.78 Å². The van der Waals surface area contributed by atoms with Crippen LogP contribution in [0.5, 0.6) is 5.75 Å². The highest BCUT2D eigenvalue weighted by Crippen LogP contribution is 2.63. The molecular weight excluding hydrogens is 424 g/mol. The first-order valence-corrected chi connectivity index (χ1v) is 11.5. The number of Topliss-reactive ketones (excluding diaryl/α,β-unsaturated/α-hetero) is 1. The van der Waals surface area contributed by atoms with Crippen molar-refractivity contribution in [2.45, 2.75) is 63.8 Å². The van der Waals surface area contributed by atoms with E-state index in [1.165, 1.54) is 0 Å². The first kappa shape index (κ1) is 24.4. The number of hydrogen-bond donors (Lipinski definition) is 1. The molecule has 1 aliphatic heterocycles. The van der Waals surface area contributed by atoms with Crippen LogP contribution in [0.4, 0.5) is 0 Å². The molecule has 8 atom stereocenters. The van der Waals surface area contributed by atoms with Gasteiger partial charge in [-0.05, 0) is 44.7 Å². The fraction of sp³-hybridized carbons (Fsp3) is 0.654. The highest BCUT2D eigenvalue weighted by Gasteiger charge is 2.69. The van der Waals surface area contributed by atoms with Crippen LogP contribution in [0.25, 0.3) is 0 Å². The van der Waals surface area contributed by atoms with E-state index in [4.69, 9.17) is 23.7 Å². The van der Waals surface area contributed by atoms with Crippen LogP contribution >= 0.6 is 0 Å². The Morgan fingerprint density at radius 2 is 1.73 bits per heavy atom. The molecule has 2 unspecified atom stereocenters. The number of allylic oxidation sites excluding steroid dienone is 1. The summed E-state index contributed by atoms with van der Waals surface area (Å²) in [5.41, 5.74) is 1.72. The minimum absolute atomic E-state index is 0.0155. The monoisotopic (exact) mass is 460 g/mol. The molecule has 0 bridgehead atoms. The van der Waals surface area contributed by atoms with Gasteiger partial charge < -0.3 is 28.8 Å². The number of rotatable bonds is 6. The van der Waals surface area contributed by atoms with Crippen molar-refractivity contribution in [2.24, 2.45) is 17.3 Å². The Morgan fingerprint density at radius 3 is 2.24 bits per heavy atom. The highest BCUT2D eigenvalue weighted by atomic mass is 16.8. The second-order valence-electron chi connectivity index (χ2n) is 9.86. The largest absolute Gasteiger partial charge is 0.496 e. The van der Waals surface area contributed by atoms with Crippen molar-refractivity contribution in [1.82, 2.24) is 0 Å². The lowest BCUT2D eigenvalue weighted by Crippen LogP contribution is -2.71. The maximum atomic E-state index is 14.0. The quantitative estimate of drug-likeness (QED) is 0.649. The third kappa shape index (κ3) is 3.03. The van der Waals surface area contributed by atoms with E-state index < -0.39 is 35.1 Å². The molecule has 1 aromatic rings. The number of carbonyl (C=O) groups excluding carboxylic acids is 1. The molecule has 7 nitrogen and oxygen atoms in total. The summed E-state index contributed by atoms with van der Waals surface area (Å²) >= 11 is 0. The molecule has 0 amide bonds. The standard InChI is InChI=1S/C26H36O7/c1-9-12-26(13-27)15(3)22-23(33-25(5,31-8)24(4,30-7)32-22)19-20(26)16-10-11-17(29-6)14(2)18(16)21(19)28/h9-11,15,19-20,22-23,27H,1,12-13H2,2-8H3/t15-,19-,20-,22?,23?,24+,25+,26-/m1/s1. The van der Waals surface area contributed by atoms with Gasteiger partial charge in [0.2, 0.25) is 11.6 Å². The zero-order valence-electron chi connectivity index (χ0n) is 20.6. The van der Waals surface area contributed by atoms with Crippen LogP contribution < -0.4 is 4.74 Å². The minimum atomic E-state index is -1.23. The van der Waals surface area contributed by atoms with E-state index >= 15 is 0 Å². The number of ketones is 1. The Bertz CT molecular complexity index is 960. The molecule has 0 radical (unpaired) electrons. The first-order valence-electron chi connectivity index (χ1n) is 11.5. The molecule has 0 aromatic heterocycles. The van der Waals surface area contributed by atoms with Gasteiger partial charge in [-0.15, -0.1) is 6.58 Å². The average Bonchev–Trinajstić information content (AvgIpc) is 3.11. The summed E-state index contributed by atoms with van der Waals surface area (Å²) in [4.78, 5) is 14.0. The van der Waals surface area contributed by atoms with Gasteiger partial charge in [0, 0.05) is 43.3 Å². The second kappa shape index (κ2) is 8.17. The van der Waals surface area contributed by atoms with Crippen LogP contribution in [0.15, 0.2) is 24.8 Å². The normalized spacial score (nSPS) is 41.8. The van der Waals surface area contributed by atoms with Crippen molar-refractivity contribution in [3.05, 3.63) is 41.5 Å². The van der Waals surface area contributed by atoms with Gasteiger partial charge in [-0.3, -0.25) is 4.79 Å². The summed E-state index contributed by atoms with van der Waals surface area (Å²) in [6, 6.07) is 3.86. The van der Waals surface area contributed by atoms with Crippen LogP contribution in [-0.2, 0) is 18.9 Å². The van der Waals surface area contributed by atoms with E-state index in [-0.39, 0.29) is 24.2 Å². The Morgan fingerprint density at radius 1 is 1.12 bits per heavy atom. The van der Waals surface area contributed by atoms with Gasteiger partial charge in [-0.2, -0.15) is 0 Å². The molecule has 7 heteroatoms. The maximum absolute atomic E-state index is 14.0. The molecule has 1 saturated heterocycles. The minimum Gasteiger partial charge on any atom is -0.496 e. The number of ether oxygens (including phenoxy) is 5. The third-order valence-electron chi connectivity index (χ3n) is 8.75. The Labute approximate surface area is 196 Å². The molecule has 182 valence electrons. The van der Waals surface area contributed by atoms with Crippen LogP contribution in [0.1, 0.15) is 54.6 Å². The molecule has 0 spiro atoms. The molecule has 2 fully saturated rings. The van der Waals surface area contributed by atoms with Gasteiger partial charge in [-0.1, -0.05) is 19.1 Å². The lowest BCUT2D eigenvalue weighted by atomic mass is 9.53. The van der Waals surface area contributed by atoms with E-state index in [2.05, 4.69) is 13.5 Å². The van der Waals surface area contributed by atoms with E-state index in [0.717, 1.165) is 11.1 Å². The Kier molecular flexibility index (Phi) is 6.03. The van der Waals surface area contributed by atoms with Gasteiger partial charge in [0.25, 0.3) is 0 Å². The van der Waals surface area contributed by atoms with Crippen molar-refractivity contribution in [1.29, 1.82) is 0 Å². The molecule has 1 aromatic carbocycles. The second-order valence-corrected chi connectivity index (χ2v) is 9.86. The van der Waals surface area contributed by atoms with Crippen molar-refractivity contribution in [3.8, 4) is 5.75 Å². The summed E-state index contributed by atoms with van der Waals surface area (Å²) in [5.74, 6) is -2.75. The molecule has 3 aliphatic rings. The molecule has 33 heavy (non-hydrogen) atoms. The van der Waals surface area contributed by atoms with Gasteiger partial charge in [0.1, 0.15) is 5.75 Å². The SMILES string of the molecule is C=CC[C@@]1(CO)[C@H](C)C2O[C@](C)(OC)[C@@](C)(OC)OC2[C@H]2C(=O)c3c(ccc(OC)c3C)[C@H]21. The van der Waals surface area contributed by atoms with E-state index in [1.807, 2.05) is 25.1 Å². The number of hydrogen-bond acceptors (Lipinski definition) is 7. The fourth-order valence-electron chi connectivity index (χ4n) is 6.54. The molecule has 1 N–H and O–H groups in total. The number of aliphatic hydroxyl groups excluding tert-OH is 1. The van der Waals surface area contributed by atoms with Gasteiger partial charge >= 0.3 is 0 Å². The average molecular weight is 461 g/mol. The van der Waals surface area contributed by atoms with Crippen LogP contribution in [-0.4, -0.2) is 62.6 Å². The predicted octanol–water partition coefficient (Wildman–Crippen LogP) is 3.61. The number of methoxy groups -OCH3 is 3. The van der Waals surface area contributed by atoms with Crippen molar-refractivity contribution in [2.75, 3.05) is 27.9 Å². The number of benzene rings is 1. The zero-order chi connectivity index (χ0) is 24.3. The van der Waals surface area contributed by atoms with Gasteiger partial charge in [0.05, 0.1) is 25.2 Å². The molecular formula is C26H36O7. The number of aliphatic hydroxyl groups is 1. The summed E-state index contributed by atoms with van der Waals surface area (Å²) in [7, 11) is 4.69. The zero-order valence-corrected chi connectivity index (χ0v) is 20.6. The van der Waals surface area contributed by atoms with Crippen molar-refractivity contribution in [3.63, 3.8) is 0 Å². The predicted molar refractivity (Wildman–Crippen MR) is 122 cm³/mol. The van der Waals surface area contributed by atoms with Crippen LogP contribution in [0.2, 0.25) is 0 Å². The first-order chi connectivity index (χ1) is 15.6. The molecule has 4 rings (SSSR count). The summed E-state index contributed by atoms with van der Waals surface area (Å²) in [6.07, 6.45) is 1.28. The Balaban J connectivity index is 1.95. The van der Waals surface area contributed by atoms with E-state index in [1.54, 1.807) is 35.2 Å². The maximum Gasteiger partial charge on any atom is 0.220 e. The summed E-state index contributed by atoms with van der Waals surface area (Å²) in [6.45, 7) is 11.4. The summed E-state index contributed by atoms with van der Waals surface area (Å²) < 4.78 is 30.2. The van der Waals surface area contributed by atoms with Gasteiger partial charge in [-0.25, -0.2) is 0 Å². The van der Waals surface area contributed by atoms with Crippen LogP contribution in [0.3, 0.4) is 0 Å². The van der Waals surface area contributed by atoms with E-state index in [0.29, 0.717) is 17.7 Å². The highest BCUT2D eigenvalue weighted by molar-refractivity contribution is 6.05. The number of fused-ring (bicyclic) bond motifs is 5. The summed E-state index contributed by atoms with van der Waals surface area (Å²) in [5, 5.41) is 10.9. The molecule has 1 saturated carbocycles. The molecule has 2 aliphatic carbocycles. The molecule has 1 heterocycles. The third-order valence-corrected chi connectivity index (χ3v) is 8.75. The lowest BCUT2D eigenvalue weighted by Gasteiger charge is -2.61.